The van der Waals surface area contributed by atoms with Crippen molar-refractivity contribution in [2.45, 2.75) is 41.0 Å². The van der Waals surface area contributed by atoms with Gasteiger partial charge in [-0.05, 0) is 53.5 Å². The van der Waals surface area contributed by atoms with Gasteiger partial charge in [-0.1, -0.05) is 71.7 Å². The summed E-state index contributed by atoms with van der Waals surface area (Å²) >= 11 is 0. The van der Waals surface area contributed by atoms with Crippen LogP contribution in [0.1, 0.15) is 41.0 Å². The Morgan fingerprint density at radius 3 is 2.04 bits per heavy atom. The third-order valence-corrected chi connectivity index (χ3v) is 4.98. The van der Waals surface area contributed by atoms with E-state index in [1.165, 1.54) is 0 Å². The molecule has 0 heterocycles. The van der Waals surface area contributed by atoms with E-state index in [4.69, 9.17) is 9.47 Å². The fourth-order valence-corrected chi connectivity index (χ4v) is 2.42. The molecule has 27 heavy (non-hydrogen) atoms. The molecule has 2 atom stereocenters. The third kappa shape index (κ3) is 8.01. The summed E-state index contributed by atoms with van der Waals surface area (Å²) in [6, 6.07) is 0. The highest BCUT2D eigenvalue weighted by atomic mass is 16.5. The standard InChI is InChI=1S/C25H38O2/c1-12-17(2)13-14-18(3)19(4)15-20(5)21(6)22(7)23(8)25(16-26-10)24(9)27-11/h13-15,17-18H,4,6-7,9,12,16H2,1-3,5,8,10-11H3/b14-13-,20-15-,25-23-. The highest BCUT2D eigenvalue weighted by Gasteiger charge is 2.13. The van der Waals surface area contributed by atoms with Crippen LogP contribution in [-0.2, 0) is 9.47 Å². The minimum absolute atomic E-state index is 0.281. The monoisotopic (exact) mass is 370 g/mol. The zero-order valence-electron chi connectivity index (χ0n) is 18.4. The van der Waals surface area contributed by atoms with Gasteiger partial charge in [0.25, 0.3) is 0 Å². The molecule has 2 heteroatoms. The first-order valence-electron chi connectivity index (χ1n) is 9.46. The van der Waals surface area contributed by atoms with E-state index in [1.54, 1.807) is 14.2 Å². The molecule has 0 fully saturated rings. The average Bonchev–Trinajstić information content (AvgIpc) is 2.67. The van der Waals surface area contributed by atoms with E-state index >= 15 is 0 Å². The topological polar surface area (TPSA) is 18.5 Å². The summed E-state index contributed by atoms with van der Waals surface area (Å²) in [5.41, 5.74) is 5.70. The molecular weight excluding hydrogens is 332 g/mol. The number of hydrogen-bond donors (Lipinski definition) is 0. The fraction of sp³-hybridized carbons (Fsp3) is 0.440. The van der Waals surface area contributed by atoms with Crippen molar-refractivity contribution < 1.29 is 9.47 Å². The Morgan fingerprint density at radius 2 is 1.56 bits per heavy atom. The van der Waals surface area contributed by atoms with Crippen molar-refractivity contribution in [3.8, 4) is 0 Å². The smallest absolute Gasteiger partial charge is 0.117 e. The van der Waals surface area contributed by atoms with Gasteiger partial charge in [0.2, 0.25) is 0 Å². The summed E-state index contributed by atoms with van der Waals surface area (Å²) in [6.45, 7) is 27.6. The van der Waals surface area contributed by atoms with Crippen molar-refractivity contribution in [1.82, 2.24) is 0 Å². The second-order valence-electron chi connectivity index (χ2n) is 7.08. The number of methoxy groups -OCH3 is 2. The van der Waals surface area contributed by atoms with E-state index < -0.39 is 0 Å². The molecule has 0 amide bonds. The van der Waals surface area contributed by atoms with Crippen molar-refractivity contribution in [1.29, 1.82) is 0 Å². The summed E-state index contributed by atoms with van der Waals surface area (Å²) in [5.74, 6) is 1.45. The summed E-state index contributed by atoms with van der Waals surface area (Å²) in [6.07, 6.45) is 7.71. The van der Waals surface area contributed by atoms with Gasteiger partial charge in [-0.25, -0.2) is 0 Å². The Hall–Kier alpha value is -2.06. The highest BCUT2D eigenvalue weighted by molar-refractivity contribution is 5.56. The molecule has 0 aromatic rings. The lowest BCUT2D eigenvalue weighted by molar-refractivity contribution is 0.212. The molecular formula is C25H38O2. The van der Waals surface area contributed by atoms with Crippen LogP contribution in [0.2, 0.25) is 0 Å². The predicted molar refractivity (Wildman–Crippen MR) is 120 cm³/mol. The molecule has 0 bridgehead atoms. The number of ether oxygens (including phenoxy) is 2. The largest absolute Gasteiger partial charge is 0.497 e. The summed E-state index contributed by atoms with van der Waals surface area (Å²) in [4.78, 5) is 0. The first-order valence-corrected chi connectivity index (χ1v) is 9.46. The molecule has 0 N–H and O–H groups in total. The van der Waals surface area contributed by atoms with Crippen LogP contribution in [0.5, 0.6) is 0 Å². The van der Waals surface area contributed by atoms with E-state index in [0.717, 1.165) is 39.9 Å². The molecule has 0 aliphatic heterocycles. The van der Waals surface area contributed by atoms with Crippen LogP contribution in [-0.4, -0.2) is 20.8 Å². The molecule has 0 aliphatic rings. The molecule has 0 aromatic heterocycles. The minimum Gasteiger partial charge on any atom is -0.497 e. The Labute approximate surface area is 167 Å². The van der Waals surface area contributed by atoms with Crippen LogP contribution >= 0.6 is 0 Å². The van der Waals surface area contributed by atoms with Gasteiger partial charge in [0.15, 0.2) is 0 Å². The first-order chi connectivity index (χ1) is 12.6. The highest BCUT2D eigenvalue weighted by Crippen LogP contribution is 2.28. The van der Waals surface area contributed by atoms with Gasteiger partial charge < -0.3 is 9.47 Å². The lowest BCUT2D eigenvalue weighted by Crippen LogP contribution is -2.05. The second-order valence-corrected chi connectivity index (χ2v) is 7.08. The number of hydrogen-bond acceptors (Lipinski definition) is 2. The van der Waals surface area contributed by atoms with Crippen LogP contribution in [0, 0.1) is 11.8 Å². The third-order valence-electron chi connectivity index (χ3n) is 4.98. The van der Waals surface area contributed by atoms with Gasteiger partial charge in [-0.3, -0.25) is 0 Å². The molecule has 0 radical (unpaired) electrons. The Bertz CT molecular complexity index is 656. The average molecular weight is 371 g/mol. The maximum Gasteiger partial charge on any atom is 0.117 e. The van der Waals surface area contributed by atoms with E-state index in [1.807, 2.05) is 13.8 Å². The summed E-state index contributed by atoms with van der Waals surface area (Å²) in [5, 5.41) is 0. The molecule has 2 unspecified atom stereocenters. The van der Waals surface area contributed by atoms with E-state index in [-0.39, 0.29) is 5.92 Å². The Kier molecular flexibility index (Phi) is 11.4. The molecule has 0 saturated heterocycles. The van der Waals surface area contributed by atoms with Crippen LogP contribution < -0.4 is 0 Å². The maximum absolute atomic E-state index is 5.29. The van der Waals surface area contributed by atoms with Crippen molar-refractivity contribution in [3.05, 3.63) is 83.7 Å². The summed E-state index contributed by atoms with van der Waals surface area (Å²) < 4.78 is 10.6. The van der Waals surface area contributed by atoms with Gasteiger partial charge in [0.05, 0.1) is 13.7 Å². The molecule has 0 saturated carbocycles. The predicted octanol–water partition coefficient (Wildman–Crippen LogP) is 6.96. The van der Waals surface area contributed by atoms with Crippen LogP contribution in [0.4, 0.5) is 0 Å². The molecule has 0 spiro atoms. The SMILES string of the molecule is C=C(C(=C)/C(C)=C(/COC)C(=C)OC)/C(C)=C\C(=C)C(C)/C=C\C(C)CC. The van der Waals surface area contributed by atoms with Crippen molar-refractivity contribution in [2.24, 2.45) is 11.8 Å². The van der Waals surface area contributed by atoms with Crippen LogP contribution in [0.15, 0.2) is 83.7 Å². The van der Waals surface area contributed by atoms with Crippen LogP contribution in [0.3, 0.4) is 0 Å². The lowest BCUT2D eigenvalue weighted by atomic mass is 9.90. The number of rotatable bonds is 12. The van der Waals surface area contributed by atoms with Gasteiger partial charge in [-0.15, -0.1) is 0 Å². The lowest BCUT2D eigenvalue weighted by Gasteiger charge is -2.18. The van der Waals surface area contributed by atoms with E-state index in [2.05, 4.69) is 65.3 Å². The molecule has 2 nitrogen and oxygen atoms in total. The fourth-order valence-electron chi connectivity index (χ4n) is 2.42. The van der Waals surface area contributed by atoms with Gasteiger partial charge in [0.1, 0.15) is 5.76 Å². The zero-order chi connectivity index (χ0) is 21.1. The molecule has 0 aromatic carbocycles. The van der Waals surface area contributed by atoms with Crippen molar-refractivity contribution in [3.63, 3.8) is 0 Å². The minimum atomic E-state index is 0.281. The normalized spacial score (nSPS) is 15.1. The van der Waals surface area contributed by atoms with Crippen molar-refractivity contribution in [2.75, 3.05) is 20.8 Å². The Morgan fingerprint density at radius 1 is 0.963 bits per heavy atom. The van der Waals surface area contributed by atoms with Crippen LogP contribution in [0.25, 0.3) is 0 Å². The molecule has 0 rings (SSSR count). The zero-order valence-corrected chi connectivity index (χ0v) is 18.4. The molecule has 0 aliphatic carbocycles. The van der Waals surface area contributed by atoms with Gasteiger partial charge in [0, 0.05) is 12.7 Å². The first kappa shape index (κ1) is 24.9. The van der Waals surface area contributed by atoms with Gasteiger partial charge in [-0.2, -0.15) is 0 Å². The van der Waals surface area contributed by atoms with Gasteiger partial charge >= 0.3 is 0 Å². The van der Waals surface area contributed by atoms with E-state index in [9.17, 15) is 0 Å². The Balaban J connectivity index is 5.43. The molecule has 150 valence electrons. The number of allylic oxidation sites excluding steroid dienone is 8. The maximum atomic E-state index is 5.29. The quantitative estimate of drug-likeness (QED) is 0.210. The second kappa shape index (κ2) is 12.3. The summed E-state index contributed by atoms with van der Waals surface area (Å²) in [7, 11) is 3.25. The van der Waals surface area contributed by atoms with Crippen molar-refractivity contribution >= 4 is 0 Å². The van der Waals surface area contributed by atoms with E-state index in [0.29, 0.717) is 18.3 Å².